The number of nitrogens with zero attached hydrogens (tertiary/aromatic N) is 1. The molecule has 22 heavy (non-hydrogen) atoms. The molecule has 0 aromatic carbocycles. The average Bonchev–Trinajstić information content (AvgIpc) is 2.73. The van der Waals surface area contributed by atoms with Crippen molar-refractivity contribution in [3.8, 4) is 0 Å². The molecule has 6 heteroatoms. The van der Waals surface area contributed by atoms with Crippen molar-refractivity contribution in [2.24, 2.45) is 0 Å². The molecular weight excluding hydrogens is 300 g/mol. The highest BCUT2D eigenvalue weighted by molar-refractivity contribution is 7.80. The summed E-state index contributed by atoms with van der Waals surface area (Å²) in [5.41, 5.74) is 1.05. The summed E-state index contributed by atoms with van der Waals surface area (Å²) in [6, 6.07) is -0.724. The molecule has 1 N–H and O–H groups in total. The number of hydrogen-bond acceptors (Lipinski definition) is 4. The molecule has 2 aliphatic rings. The maximum Gasteiger partial charge on any atom is 0.260 e. The zero-order valence-electron chi connectivity index (χ0n) is 13.0. The number of nitrogens with one attached hydrogen (secondary N) is 1. The number of thiocarbonyl (C=S) groups is 1. The van der Waals surface area contributed by atoms with Crippen LogP contribution >= 0.6 is 12.2 Å². The van der Waals surface area contributed by atoms with Gasteiger partial charge < -0.3 is 0 Å². The smallest absolute Gasteiger partial charge is 0.260 e. The number of likely N-dealkylation sites (tertiary alicyclic amines) is 1. The number of imide groups is 1. The van der Waals surface area contributed by atoms with E-state index in [1.807, 2.05) is 13.8 Å². The van der Waals surface area contributed by atoms with Crippen molar-refractivity contribution in [1.82, 2.24) is 10.2 Å². The van der Waals surface area contributed by atoms with Gasteiger partial charge in [-0.2, -0.15) is 0 Å². The molecule has 2 saturated heterocycles. The van der Waals surface area contributed by atoms with E-state index in [9.17, 15) is 14.4 Å². The Balaban J connectivity index is 0.00000116. The average molecular weight is 320 g/mol. The molecule has 1 atom stereocenters. The van der Waals surface area contributed by atoms with E-state index < -0.39 is 11.9 Å². The number of carbonyl (C=O) groups excluding carboxylic acids is 3. The van der Waals surface area contributed by atoms with E-state index in [0.29, 0.717) is 16.1 Å². The Kier molecular flexibility index (Phi) is 6.37. The molecule has 2 aliphatic heterocycles. The number of hydrogen-bond donors (Lipinski definition) is 1. The molecule has 2 fully saturated rings. The van der Waals surface area contributed by atoms with Gasteiger partial charge in [-0.15, -0.1) is 0 Å². The Hall–Kier alpha value is -2.08. The Morgan fingerprint density at radius 1 is 1.27 bits per heavy atom. The monoisotopic (exact) mass is 320 g/mol. The van der Waals surface area contributed by atoms with E-state index >= 15 is 0 Å². The second-order valence-electron chi connectivity index (χ2n) is 4.47. The molecular formula is C16H20N2O3S. The highest BCUT2D eigenvalue weighted by Crippen LogP contribution is 2.30. The van der Waals surface area contributed by atoms with Crippen LogP contribution in [0.2, 0.25) is 0 Å². The molecule has 2 heterocycles. The van der Waals surface area contributed by atoms with Gasteiger partial charge in [-0.05, 0) is 19.4 Å². The fraction of sp³-hybridized carbons (Fsp3) is 0.375. The molecule has 2 rings (SSSR count). The fourth-order valence-electron chi connectivity index (χ4n) is 2.35. The van der Waals surface area contributed by atoms with Gasteiger partial charge in [-0.3, -0.25) is 24.6 Å². The van der Waals surface area contributed by atoms with Gasteiger partial charge in [0.05, 0.1) is 0 Å². The molecule has 1 unspecified atom stereocenters. The van der Waals surface area contributed by atoms with Crippen molar-refractivity contribution < 1.29 is 14.4 Å². The van der Waals surface area contributed by atoms with Crippen LogP contribution < -0.4 is 5.32 Å². The van der Waals surface area contributed by atoms with Gasteiger partial charge in [0, 0.05) is 17.6 Å². The second-order valence-corrected chi connectivity index (χ2v) is 4.85. The summed E-state index contributed by atoms with van der Waals surface area (Å²) in [7, 11) is 0. The molecule has 0 radical (unpaired) electrons. The van der Waals surface area contributed by atoms with Crippen LogP contribution in [0.1, 0.15) is 33.6 Å². The molecule has 118 valence electrons. The summed E-state index contributed by atoms with van der Waals surface area (Å²) >= 11 is 5.29. The van der Waals surface area contributed by atoms with Crippen LogP contribution in [-0.2, 0) is 14.4 Å². The Morgan fingerprint density at radius 3 is 2.41 bits per heavy atom. The molecule has 5 nitrogen and oxygen atoms in total. The van der Waals surface area contributed by atoms with E-state index in [1.165, 1.54) is 11.0 Å². The van der Waals surface area contributed by atoms with E-state index in [1.54, 1.807) is 19.1 Å². The first kappa shape index (κ1) is 18.0. The molecule has 0 bridgehead atoms. The van der Waals surface area contributed by atoms with Crippen LogP contribution in [0.15, 0.2) is 36.0 Å². The van der Waals surface area contributed by atoms with E-state index in [-0.39, 0.29) is 24.7 Å². The molecule has 0 aromatic heterocycles. The number of allylic oxidation sites excluding steroid dienone is 3. The Bertz CT molecular complexity index is 590. The first-order valence-electron chi connectivity index (χ1n) is 7.22. The summed E-state index contributed by atoms with van der Waals surface area (Å²) in [5, 5.41) is 2.24. The standard InChI is InChI=1S/C14H14N2O3S.C2H6/c1-3-5-9-8(4-2)14(20)16(13(9)19)10-6-7-11(17)15-12(10)18;1-2/h3-5,10H,1,6-7H2,2H3,(H,15,17,18);1-2H3/b8-4+,9-5+;. The zero-order valence-corrected chi connectivity index (χ0v) is 13.8. The summed E-state index contributed by atoms with van der Waals surface area (Å²) in [5.74, 6) is -1.12. The van der Waals surface area contributed by atoms with Crippen LogP contribution in [0.25, 0.3) is 0 Å². The minimum atomic E-state index is -0.724. The first-order chi connectivity index (χ1) is 10.5. The van der Waals surface area contributed by atoms with Crippen molar-refractivity contribution in [1.29, 1.82) is 0 Å². The quantitative estimate of drug-likeness (QED) is 0.480. The molecule has 0 spiro atoms. The lowest BCUT2D eigenvalue weighted by Crippen LogP contribution is -2.53. The van der Waals surface area contributed by atoms with Gasteiger partial charge >= 0.3 is 0 Å². The number of piperidine rings is 1. The van der Waals surface area contributed by atoms with Gasteiger partial charge in [0.25, 0.3) is 5.91 Å². The third kappa shape index (κ3) is 3.22. The largest absolute Gasteiger partial charge is 0.295 e. The van der Waals surface area contributed by atoms with E-state index in [2.05, 4.69) is 11.9 Å². The van der Waals surface area contributed by atoms with Crippen LogP contribution in [0.3, 0.4) is 0 Å². The zero-order chi connectivity index (χ0) is 16.9. The Morgan fingerprint density at radius 2 is 1.91 bits per heavy atom. The van der Waals surface area contributed by atoms with Crippen LogP contribution in [0, 0.1) is 0 Å². The van der Waals surface area contributed by atoms with Crippen molar-refractivity contribution in [2.45, 2.75) is 39.7 Å². The van der Waals surface area contributed by atoms with Crippen LogP contribution in [-0.4, -0.2) is 33.7 Å². The summed E-state index contributed by atoms with van der Waals surface area (Å²) in [6.45, 7) is 9.35. The van der Waals surface area contributed by atoms with Crippen LogP contribution in [0.5, 0.6) is 0 Å². The first-order valence-corrected chi connectivity index (χ1v) is 7.63. The highest BCUT2D eigenvalue weighted by Gasteiger charge is 2.43. The maximum absolute atomic E-state index is 12.4. The highest BCUT2D eigenvalue weighted by atomic mass is 32.1. The molecule has 0 aromatic rings. The third-order valence-corrected chi connectivity index (χ3v) is 3.70. The van der Waals surface area contributed by atoms with Gasteiger partial charge in [0.15, 0.2) is 0 Å². The second kappa shape index (κ2) is 7.79. The molecule has 0 saturated carbocycles. The molecule has 3 amide bonds. The number of rotatable bonds is 2. The molecule has 0 aliphatic carbocycles. The minimum absolute atomic E-state index is 0.203. The van der Waals surface area contributed by atoms with Gasteiger partial charge in [-0.1, -0.05) is 44.8 Å². The van der Waals surface area contributed by atoms with Gasteiger partial charge in [-0.25, -0.2) is 0 Å². The Labute approximate surface area is 135 Å². The summed E-state index contributed by atoms with van der Waals surface area (Å²) in [4.78, 5) is 37.1. The van der Waals surface area contributed by atoms with Crippen molar-refractivity contribution in [3.63, 3.8) is 0 Å². The maximum atomic E-state index is 12.4. The van der Waals surface area contributed by atoms with Crippen LogP contribution in [0.4, 0.5) is 0 Å². The third-order valence-electron chi connectivity index (χ3n) is 3.28. The lowest BCUT2D eigenvalue weighted by molar-refractivity contribution is -0.140. The van der Waals surface area contributed by atoms with Crippen molar-refractivity contribution >= 4 is 34.9 Å². The number of amides is 3. The lowest BCUT2D eigenvalue weighted by atomic mass is 10.0. The summed E-state index contributed by atoms with van der Waals surface area (Å²) in [6.07, 6.45) is 5.31. The normalized spacial score (nSPS) is 25.2. The van der Waals surface area contributed by atoms with E-state index in [4.69, 9.17) is 12.2 Å². The van der Waals surface area contributed by atoms with Crippen molar-refractivity contribution in [2.75, 3.05) is 0 Å². The van der Waals surface area contributed by atoms with Gasteiger partial charge in [0.1, 0.15) is 11.0 Å². The van der Waals surface area contributed by atoms with Crippen molar-refractivity contribution in [3.05, 3.63) is 36.0 Å². The topological polar surface area (TPSA) is 66.5 Å². The summed E-state index contributed by atoms with van der Waals surface area (Å²) < 4.78 is 0. The number of carbonyl (C=O) groups is 3. The fourth-order valence-corrected chi connectivity index (χ4v) is 2.79. The predicted octanol–water partition coefficient (Wildman–Crippen LogP) is 2.05. The minimum Gasteiger partial charge on any atom is -0.295 e. The SMILES string of the molecule is C=C/C=C1/C(=O)N(C2CCC(=O)NC2=O)C(=S)/C1=C/C.CC. The van der Waals surface area contributed by atoms with Gasteiger partial charge in [0.2, 0.25) is 11.8 Å². The lowest BCUT2D eigenvalue weighted by Gasteiger charge is -2.28. The van der Waals surface area contributed by atoms with E-state index in [0.717, 1.165) is 0 Å². The predicted molar refractivity (Wildman–Crippen MR) is 89.0 cm³/mol.